The van der Waals surface area contributed by atoms with Crippen molar-refractivity contribution in [2.45, 2.75) is 32.1 Å². The first-order chi connectivity index (χ1) is 9.18. The minimum atomic E-state index is -0.795. The Kier molecular flexibility index (Phi) is 8.16. The van der Waals surface area contributed by atoms with Crippen LogP contribution in [0.4, 0.5) is 0 Å². The van der Waals surface area contributed by atoms with Crippen LogP contribution in [0.15, 0.2) is 0 Å². The molecule has 1 rings (SSSR count). The summed E-state index contributed by atoms with van der Waals surface area (Å²) in [5.74, 6) is -0.762. The van der Waals surface area contributed by atoms with Gasteiger partial charge in [-0.05, 0) is 25.8 Å². The Bertz CT molecular complexity index is 278. The number of carboxylic acids is 1. The molecule has 19 heavy (non-hydrogen) atoms. The van der Waals surface area contributed by atoms with Crippen LogP contribution < -0.4 is 10.6 Å². The number of unbranched alkanes of at least 4 members (excludes halogenated alkanes) is 1. The molecule has 1 heterocycles. The van der Waals surface area contributed by atoms with Crippen molar-refractivity contribution in [3.63, 3.8) is 0 Å². The van der Waals surface area contributed by atoms with Crippen molar-refractivity contribution in [1.29, 1.82) is 0 Å². The van der Waals surface area contributed by atoms with E-state index in [1.807, 2.05) is 0 Å². The van der Waals surface area contributed by atoms with Crippen molar-refractivity contribution >= 4 is 11.9 Å². The predicted octanol–water partition coefficient (Wildman–Crippen LogP) is 0.0429. The normalized spacial score (nSPS) is 16.2. The molecule has 0 atom stereocenters. The third-order valence-corrected chi connectivity index (χ3v) is 3.23. The van der Waals surface area contributed by atoms with Gasteiger partial charge in [-0.1, -0.05) is 0 Å². The molecule has 1 amide bonds. The predicted molar refractivity (Wildman–Crippen MR) is 73.0 cm³/mol. The van der Waals surface area contributed by atoms with Gasteiger partial charge in [-0.3, -0.25) is 9.59 Å². The quantitative estimate of drug-likeness (QED) is 0.516. The molecule has 0 aromatic heterocycles. The van der Waals surface area contributed by atoms with Crippen LogP contribution in [0.25, 0.3) is 0 Å². The third kappa shape index (κ3) is 8.56. The summed E-state index contributed by atoms with van der Waals surface area (Å²) in [5, 5.41) is 14.7. The SMILES string of the molecule is O=C(O)CCCCC(=O)NCCCN1CCNCC1. The first-order valence-electron chi connectivity index (χ1n) is 7.10. The first-order valence-corrected chi connectivity index (χ1v) is 7.10. The van der Waals surface area contributed by atoms with E-state index in [2.05, 4.69) is 15.5 Å². The van der Waals surface area contributed by atoms with Gasteiger partial charge in [0.15, 0.2) is 0 Å². The van der Waals surface area contributed by atoms with Crippen molar-refractivity contribution in [1.82, 2.24) is 15.5 Å². The van der Waals surface area contributed by atoms with E-state index >= 15 is 0 Å². The Morgan fingerprint density at radius 2 is 1.79 bits per heavy atom. The molecule has 1 saturated heterocycles. The minimum Gasteiger partial charge on any atom is -0.481 e. The van der Waals surface area contributed by atoms with E-state index in [0.717, 1.165) is 39.1 Å². The van der Waals surface area contributed by atoms with Crippen LogP contribution in [-0.4, -0.2) is 61.2 Å². The van der Waals surface area contributed by atoms with Gasteiger partial charge in [0.1, 0.15) is 0 Å². The fraction of sp³-hybridized carbons (Fsp3) is 0.846. The van der Waals surface area contributed by atoms with Gasteiger partial charge in [-0.2, -0.15) is 0 Å². The van der Waals surface area contributed by atoms with E-state index in [1.165, 1.54) is 0 Å². The Morgan fingerprint density at radius 1 is 1.11 bits per heavy atom. The average molecular weight is 271 g/mol. The van der Waals surface area contributed by atoms with E-state index in [9.17, 15) is 9.59 Å². The van der Waals surface area contributed by atoms with Gasteiger partial charge in [0.2, 0.25) is 5.91 Å². The molecule has 0 unspecified atom stereocenters. The van der Waals surface area contributed by atoms with Gasteiger partial charge < -0.3 is 20.6 Å². The van der Waals surface area contributed by atoms with Crippen LogP contribution in [0.1, 0.15) is 32.1 Å². The van der Waals surface area contributed by atoms with E-state index < -0.39 is 5.97 Å². The van der Waals surface area contributed by atoms with Crippen molar-refractivity contribution in [2.75, 3.05) is 39.3 Å². The Balaban J connectivity index is 1.90. The summed E-state index contributed by atoms with van der Waals surface area (Å²) in [7, 11) is 0. The number of carboxylic acid groups (broad SMARTS) is 1. The van der Waals surface area contributed by atoms with Crippen LogP contribution >= 0.6 is 0 Å². The molecule has 6 nitrogen and oxygen atoms in total. The molecule has 0 aliphatic carbocycles. The summed E-state index contributed by atoms with van der Waals surface area (Å²) in [6, 6.07) is 0. The lowest BCUT2D eigenvalue weighted by molar-refractivity contribution is -0.137. The summed E-state index contributed by atoms with van der Waals surface area (Å²) in [6.45, 7) is 6.01. The molecule has 0 saturated carbocycles. The number of hydrogen-bond acceptors (Lipinski definition) is 4. The fourth-order valence-corrected chi connectivity index (χ4v) is 2.12. The van der Waals surface area contributed by atoms with E-state index in [4.69, 9.17) is 5.11 Å². The van der Waals surface area contributed by atoms with Crippen LogP contribution in [-0.2, 0) is 9.59 Å². The number of nitrogens with one attached hydrogen (secondary N) is 2. The number of piperazine rings is 1. The average Bonchev–Trinajstić information content (AvgIpc) is 2.41. The molecule has 0 radical (unpaired) electrons. The van der Waals surface area contributed by atoms with E-state index in [0.29, 0.717) is 25.8 Å². The lowest BCUT2D eigenvalue weighted by Crippen LogP contribution is -2.44. The Morgan fingerprint density at radius 3 is 2.47 bits per heavy atom. The molecular formula is C13H25N3O3. The summed E-state index contributed by atoms with van der Waals surface area (Å²) in [4.78, 5) is 24.2. The second kappa shape index (κ2) is 9.75. The smallest absolute Gasteiger partial charge is 0.303 e. The van der Waals surface area contributed by atoms with Crippen LogP contribution in [0.3, 0.4) is 0 Å². The number of carbonyl (C=O) groups is 2. The summed E-state index contributed by atoms with van der Waals surface area (Å²) < 4.78 is 0. The van der Waals surface area contributed by atoms with E-state index in [1.54, 1.807) is 0 Å². The maximum Gasteiger partial charge on any atom is 0.303 e. The summed E-state index contributed by atoms with van der Waals surface area (Å²) in [5.41, 5.74) is 0. The highest BCUT2D eigenvalue weighted by Gasteiger charge is 2.08. The molecular weight excluding hydrogens is 246 g/mol. The maximum absolute atomic E-state index is 11.5. The molecule has 6 heteroatoms. The number of carbonyl (C=O) groups excluding carboxylic acids is 1. The van der Waals surface area contributed by atoms with Crippen LogP contribution in [0.2, 0.25) is 0 Å². The third-order valence-electron chi connectivity index (χ3n) is 3.23. The summed E-state index contributed by atoms with van der Waals surface area (Å²) >= 11 is 0. The van der Waals surface area contributed by atoms with Crippen LogP contribution in [0, 0.1) is 0 Å². The molecule has 0 aromatic carbocycles. The fourth-order valence-electron chi connectivity index (χ4n) is 2.12. The van der Waals surface area contributed by atoms with Crippen molar-refractivity contribution in [2.24, 2.45) is 0 Å². The standard InChI is InChI=1S/C13H25N3O3/c17-12(4-1-2-5-13(18)19)15-6-3-9-16-10-7-14-8-11-16/h14H,1-11H2,(H,15,17)(H,18,19). The lowest BCUT2D eigenvalue weighted by atomic mass is 10.2. The minimum absolute atomic E-state index is 0.0331. The second-order valence-corrected chi connectivity index (χ2v) is 4.90. The molecule has 3 N–H and O–H groups in total. The highest BCUT2D eigenvalue weighted by Crippen LogP contribution is 1.99. The lowest BCUT2D eigenvalue weighted by Gasteiger charge is -2.27. The topological polar surface area (TPSA) is 81.7 Å². The van der Waals surface area contributed by atoms with E-state index in [-0.39, 0.29) is 12.3 Å². The molecule has 0 aromatic rings. The Labute approximate surface area is 114 Å². The zero-order valence-electron chi connectivity index (χ0n) is 11.5. The Hall–Kier alpha value is -1.14. The highest BCUT2D eigenvalue weighted by atomic mass is 16.4. The molecule has 0 spiro atoms. The summed E-state index contributed by atoms with van der Waals surface area (Å²) in [6.07, 6.45) is 2.78. The number of aliphatic carboxylic acids is 1. The van der Waals surface area contributed by atoms with Crippen molar-refractivity contribution in [3.05, 3.63) is 0 Å². The zero-order chi connectivity index (χ0) is 13.9. The molecule has 1 fully saturated rings. The van der Waals surface area contributed by atoms with Gasteiger partial charge in [-0.25, -0.2) is 0 Å². The zero-order valence-corrected chi connectivity index (χ0v) is 11.5. The molecule has 0 bridgehead atoms. The number of nitrogens with zero attached hydrogens (tertiary/aromatic N) is 1. The van der Waals surface area contributed by atoms with Crippen molar-refractivity contribution in [3.8, 4) is 0 Å². The molecule has 1 aliphatic rings. The highest BCUT2D eigenvalue weighted by molar-refractivity contribution is 5.75. The largest absolute Gasteiger partial charge is 0.481 e. The van der Waals surface area contributed by atoms with Gasteiger partial charge >= 0.3 is 5.97 Å². The van der Waals surface area contributed by atoms with Gasteiger partial charge in [-0.15, -0.1) is 0 Å². The monoisotopic (exact) mass is 271 g/mol. The maximum atomic E-state index is 11.5. The van der Waals surface area contributed by atoms with Gasteiger partial charge in [0.25, 0.3) is 0 Å². The number of rotatable bonds is 9. The van der Waals surface area contributed by atoms with Crippen LogP contribution in [0.5, 0.6) is 0 Å². The van der Waals surface area contributed by atoms with Gasteiger partial charge in [0.05, 0.1) is 0 Å². The number of amides is 1. The second-order valence-electron chi connectivity index (χ2n) is 4.90. The first kappa shape index (κ1) is 15.9. The van der Waals surface area contributed by atoms with Crippen molar-refractivity contribution < 1.29 is 14.7 Å². The van der Waals surface area contributed by atoms with Gasteiger partial charge in [0, 0.05) is 45.6 Å². The molecule has 1 aliphatic heterocycles. The molecule has 110 valence electrons. The number of hydrogen-bond donors (Lipinski definition) is 3.